The third-order valence-corrected chi connectivity index (χ3v) is 5.68. The van der Waals surface area contributed by atoms with Crippen LogP contribution >= 0.6 is 0 Å². The molecule has 2 N–H and O–H groups in total. The number of amides is 1. The van der Waals surface area contributed by atoms with Crippen LogP contribution < -0.4 is 19.5 Å². The molecule has 0 bridgehead atoms. The Balaban J connectivity index is 2.05. The highest BCUT2D eigenvalue weighted by molar-refractivity contribution is 7.92. The van der Waals surface area contributed by atoms with E-state index in [0.29, 0.717) is 28.6 Å². The molecule has 0 saturated carbocycles. The van der Waals surface area contributed by atoms with E-state index in [9.17, 15) is 13.2 Å². The molecule has 2 aromatic carbocycles. The first-order chi connectivity index (χ1) is 15.9. The average Bonchev–Trinajstić information content (AvgIpc) is 2.77. The molecule has 0 aliphatic heterocycles. The fraction of sp³-hybridized carbons (Fsp3) is 0.280. The van der Waals surface area contributed by atoms with E-state index in [1.165, 1.54) is 12.1 Å². The summed E-state index contributed by atoms with van der Waals surface area (Å²) in [4.78, 5) is 17.4. The lowest BCUT2D eigenvalue weighted by Gasteiger charge is -2.25. The maximum absolute atomic E-state index is 13.1. The van der Waals surface area contributed by atoms with Crippen molar-refractivity contribution < 1.29 is 22.7 Å². The third-order valence-electron chi connectivity index (χ3n) is 5.08. The molecular formula is C25H29N3O5S. The Bertz CT molecular complexity index is 1300. The van der Waals surface area contributed by atoms with E-state index in [4.69, 9.17) is 9.47 Å². The summed E-state index contributed by atoms with van der Waals surface area (Å²) in [7, 11) is -0.280. The number of aromatic nitrogens is 1. The van der Waals surface area contributed by atoms with Crippen molar-refractivity contribution in [3.8, 4) is 22.8 Å². The minimum atomic E-state index is -3.41. The van der Waals surface area contributed by atoms with Crippen LogP contribution in [-0.2, 0) is 15.4 Å². The second kappa shape index (κ2) is 9.72. The van der Waals surface area contributed by atoms with Crippen molar-refractivity contribution >= 4 is 27.3 Å². The van der Waals surface area contributed by atoms with Gasteiger partial charge in [0, 0.05) is 28.6 Å². The highest BCUT2D eigenvalue weighted by Gasteiger charge is 2.25. The number of carbonyl (C=O) groups excluding carboxylic acids is 1. The number of hydrogen-bond acceptors (Lipinski definition) is 6. The number of methoxy groups -OCH3 is 2. The van der Waals surface area contributed by atoms with Crippen molar-refractivity contribution in [2.45, 2.75) is 26.2 Å². The Morgan fingerprint density at radius 2 is 1.68 bits per heavy atom. The molecule has 3 rings (SSSR count). The van der Waals surface area contributed by atoms with Gasteiger partial charge >= 0.3 is 0 Å². The summed E-state index contributed by atoms with van der Waals surface area (Å²) in [6.07, 6.45) is 2.72. The molecule has 9 heteroatoms. The summed E-state index contributed by atoms with van der Waals surface area (Å²) >= 11 is 0. The van der Waals surface area contributed by atoms with Crippen molar-refractivity contribution in [2.24, 2.45) is 0 Å². The van der Waals surface area contributed by atoms with E-state index in [0.717, 1.165) is 22.9 Å². The van der Waals surface area contributed by atoms with Gasteiger partial charge in [-0.05, 0) is 59.5 Å². The summed E-state index contributed by atoms with van der Waals surface area (Å²) in [6, 6.07) is 13.7. The number of carbonyl (C=O) groups is 1. The molecule has 1 heterocycles. The highest BCUT2D eigenvalue weighted by atomic mass is 32.2. The zero-order valence-electron chi connectivity index (χ0n) is 20.1. The zero-order valence-corrected chi connectivity index (χ0v) is 20.9. The van der Waals surface area contributed by atoms with Crippen molar-refractivity contribution in [3.05, 3.63) is 65.9 Å². The summed E-state index contributed by atoms with van der Waals surface area (Å²) < 4.78 is 36.4. The fourth-order valence-corrected chi connectivity index (χ4v) is 4.09. The average molecular weight is 484 g/mol. The number of sulfonamides is 1. The third kappa shape index (κ3) is 5.85. The summed E-state index contributed by atoms with van der Waals surface area (Å²) in [5.41, 5.74) is 3.46. The first-order valence-corrected chi connectivity index (χ1v) is 12.4. The molecule has 0 atom stereocenters. The Morgan fingerprint density at radius 1 is 1.00 bits per heavy atom. The summed E-state index contributed by atoms with van der Waals surface area (Å²) in [6.45, 7) is 6.19. The van der Waals surface area contributed by atoms with Crippen LogP contribution in [0.3, 0.4) is 0 Å². The maximum atomic E-state index is 13.1. The Morgan fingerprint density at radius 3 is 2.24 bits per heavy atom. The standard InChI is InChI=1S/C25H29N3O5S/c1-25(2,3)20-14-17(19-8-7-13-26-24(19)33-5)15-21(22(20)32-4)27-23(29)16-9-11-18(12-10-16)28-34(6,30)31/h7-15,28H,1-6H3,(H,27,29). The number of rotatable bonds is 7. The first-order valence-electron chi connectivity index (χ1n) is 10.5. The molecule has 0 unspecified atom stereocenters. The fourth-order valence-electron chi connectivity index (χ4n) is 3.53. The minimum absolute atomic E-state index is 0.283. The van der Waals surface area contributed by atoms with Crippen LogP contribution in [-0.4, -0.2) is 39.8 Å². The lowest BCUT2D eigenvalue weighted by Crippen LogP contribution is -2.17. The molecule has 0 spiro atoms. The lowest BCUT2D eigenvalue weighted by molar-refractivity contribution is 0.102. The van der Waals surface area contributed by atoms with Gasteiger partial charge in [-0.25, -0.2) is 13.4 Å². The van der Waals surface area contributed by atoms with Crippen LogP contribution in [0, 0.1) is 0 Å². The molecule has 3 aromatic rings. The lowest BCUT2D eigenvalue weighted by atomic mass is 9.84. The first kappa shape index (κ1) is 25.0. The zero-order chi connectivity index (χ0) is 25.1. The topological polar surface area (TPSA) is 107 Å². The van der Waals surface area contributed by atoms with Gasteiger partial charge in [-0.3, -0.25) is 9.52 Å². The van der Waals surface area contributed by atoms with Crippen molar-refractivity contribution in [1.82, 2.24) is 4.98 Å². The molecule has 0 radical (unpaired) electrons. The number of nitrogens with zero attached hydrogens (tertiary/aromatic N) is 1. The summed E-state index contributed by atoms with van der Waals surface area (Å²) in [5, 5.41) is 2.94. The van der Waals surface area contributed by atoms with Crippen molar-refractivity contribution in [1.29, 1.82) is 0 Å². The van der Waals surface area contributed by atoms with Crippen LogP contribution in [0.1, 0.15) is 36.7 Å². The number of pyridine rings is 1. The van der Waals surface area contributed by atoms with Crippen molar-refractivity contribution in [2.75, 3.05) is 30.5 Å². The number of ether oxygens (including phenoxy) is 2. The second-order valence-electron chi connectivity index (χ2n) is 8.82. The van der Waals surface area contributed by atoms with Gasteiger partial charge < -0.3 is 14.8 Å². The molecule has 0 saturated heterocycles. The predicted molar refractivity (Wildman–Crippen MR) is 134 cm³/mol. The molecule has 8 nitrogen and oxygen atoms in total. The number of nitrogens with one attached hydrogen (secondary N) is 2. The maximum Gasteiger partial charge on any atom is 0.255 e. The number of anilines is 2. The second-order valence-corrected chi connectivity index (χ2v) is 10.6. The molecule has 0 aliphatic carbocycles. The monoisotopic (exact) mass is 483 g/mol. The van der Waals surface area contributed by atoms with E-state index < -0.39 is 10.0 Å². The van der Waals surface area contributed by atoms with Crippen LogP contribution in [0.4, 0.5) is 11.4 Å². The van der Waals surface area contributed by atoms with Crippen LogP contribution in [0.25, 0.3) is 11.1 Å². The van der Waals surface area contributed by atoms with Crippen LogP contribution in [0.5, 0.6) is 11.6 Å². The molecule has 0 fully saturated rings. The predicted octanol–water partition coefficient (Wildman–Crippen LogP) is 4.69. The van der Waals surface area contributed by atoms with Gasteiger partial charge in [0.1, 0.15) is 5.75 Å². The SMILES string of the molecule is COc1ncccc1-c1cc(NC(=O)c2ccc(NS(C)(=O)=O)cc2)c(OC)c(C(C)(C)C)c1. The van der Waals surface area contributed by atoms with Gasteiger partial charge in [0.05, 0.1) is 26.2 Å². The Kier molecular flexibility index (Phi) is 7.16. The Hall–Kier alpha value is -3.59. The minimum Gasteiger partial charge on any atom is -0.494 e. The molecule has 1 aromatic heterocycles. The van der Waals surface area contributed by atoms with Gasteiger partial charge in [-0.15, -0.1) is 0 Å². The van der Waals surface area contributed by atoms with Gasteiger partial charge in [0.25, 0.3) is 5.91 Å². The quantitative estimate of drug-likeness (QED) is 0.505. The highest BCUT2D eigenvalue weighted by Crippen LogP contribution is 2.42. The molecule has 180 valence electrons. The normalized spacial score (nSPS) is 11.6. The summed E-state index contributed by atoms with van der Waals surface area (Å²) in [5.74, 6) is 0.668. The smallest absolute Gasteiger partial charge is 0.255 e. The van der Waals surface area contributed by atoms with E-state index in [-0.39, 0.29) is 11.3 Å². The van der Waals surface area contributed by atoms with E-state index in [1.807, 2.05) is 24.3 Å². The van der Waals surface area contributed by atoms with E-state index in [2.05, 4.69) is 35.8 Å². The van der Waals surface area contributed by atoms with E-state index in [1.54, 1.807) is 32.5 Å². The molecule has 1 amide bonds. The van der Waals surface area contributed by atoms with E-state index >= 15 is 0 Å². The van der Waals surface area contributed by atoms with Gasteiger partial charge in [0.2, 0.25) is 15.9 Å². The van der Waals surface area contributed by atoms with Crippen LogP contribution in [0.2, 0.25) is 0 Å². The molecule has 34 heavy (non-hydrogen) atoms. The number of hydrogen-bond donors (Lipinski definition) is 2. The van der Waals surface area contributed by atoms with Crippen LogP contribution in [0.15, 0.2) is 54.7 Å². The number of benzene rings is 2. The molecular weight excluding hydrogens is 454 g/mol. The largest absolute Gasteiger partial charge is 0.494 e. The molecule has 0 aliphatic rings. The Labute approximate surface area is 200 Å². The van der Waals surface area contributed by atoms with Gasteiger partial charge in [0.15, 0.2) is 0 Å². The van der Waals surface area contributed by atoms with Crippen molar-refractivity contribution in [3.63, 3.8) is 0 Å². The van der Waals surface area contributed by atoms with Gasteiger partial charge in [-0.1, -0.05) is 20.8 Å². The van der Waals surface area contributed by atoms with Gasteiger partial charge in [-0.2, -0.15) is 0 Å².